The minimum atomic E-state index is 0.196. The topological polar surface area (TPSA) is 24.9 Å². The van der Waals surface area contributed by atoms with Crippen LogP contribution >= 0.6 is 15.9 Å². The van der Waals surface area contributed by atoms with Crippen LogP contribution in [0.2, 0.25) is 0 Å². The van der Waals surface area contributed by atoms with Crippen molar-refractivity contribution in [2.45, 2.75) is 19.4 Å². The number of nitrogens with one attached hydrogen (secondary N) is 1. The van der Waals surface area contributed by atoms with Gasteiger partial charge in [0.1, 0.15) is 0 Å². The van der Waals surface area contributed by atoms with Crippen molar-refractivity contribution < 1.29 is 0 Å². The Kier molecular flexibility index (Phi) is 4.15. The molecule has 1 unspecified atom stereocenters. The van der Waals surface area contributed by atoms with Crippen molar-refractivity contribution in [3.8, 4) is 0 Å². The molecule has 0 radical (unpaired) electrons. The molecule has 0 spiro atoms. The van der Waals surface area contributed by atoms with E-state index in [1.54, 1.807) is 0 Å². The summed E-state index contributed by atoms with van der Waals surface area (Å²) in [5.41, 5.74) is 3.22. The second-order valence-electron chi connectivity index (χ2n) is 4.55. The highest BCUT2D eigenvalue weighted by Gasteiger charge is 2.15. The van der Waals surface area contributed by atoms with E-state index >= 15 is 0 Å². The quantitative estimate of drug-likeness (QED) is 0.855. The maximum Gasteiger partial charge on any atom is 0.0725 e. The molecule has 0 fully saturated rings. The van der Waals surface area contributed by atoms with E-state index in [0.29, 0.717) is 0 Å². The lowest BCUT2D eigenvalue weighted by Crippen LogP contribution is -2.18. The van der Waals surface area contributed by atoms with Gasteiger partial charge in [0.15, 0.2) is 0 Å². The van der Waals surface area contributed by atoms with Gasteiger partial charge in [-0.1, -0.05) is 23.8 Å². The Bertz CT molecular complexity index is 578. The number of pyridine rings is 1. The summed E-state index contributed by atoms with van der Waals surface area (Å²) in [6, 6.07) is 10.5. The smallest absolute Gasteiger partial charge is 0.0725 e. The SMILES string of the molecule is C=C(C)CC(NC)c1nc2ccccc2cc1Br. The fraction of sp³-hybridized carbons (Fsp3) is 0.267. The normalized spacial score (nSPS) is 12.6. The Morgan fingerprint density at radius 3 is 2.83 bits per heavy atom. The number of hydrogen-bond donors (Lipinski definition) is 1. The fourth-order valence-corrected chi connectivity index (χ4v) is 2.64. The summed E-state index contributed by atoms with van der Waals surface area (Å²) in [6.07, 6.45) is 0.889. The summed E-state index contributed by atoms with van der Waals surface area (Å²) in [5.74, 6) is 0. The van der Waals surface area contributed by atoms with Crippen LogP contribution in [0.5, 0.6) is 0 Å². The lowest BCUT2D eigenvalue weighted by Gasteiger charge is -2.17. The van der Waals surface area contributed by atoms with E-state index in [0.717, 1.165) is 33.1 Å². The molecule has 0 amide bonds. The van der Waals surface area contributed by atoms with Crippen LogP contribution in [-0.4, -0.2) is 12.0 Å². The molecule has 1 heterocycles. The Hall–Kier alpha value is -1.19. The molecular weight excluding hydrogens is 288 g/mol. The van der Waals surface area contributed by atoms with E-state index in [2.05, 4.69) is 40.0 Å². The number of nitrogens with zero attached hydrogens (tertiary/aromatic N) is 1. The van der Waals surface area contributed by atoms with Crippen molar-refractivity contribution in [2.24, 2.45) is 0 Å². The van der Waals surface area contributed by atoms with Gasteiger partial charge in [0.2, 0.25) is 0 Å². The molecule has 1 N–H and O–H groups in total. The number of benzene rings is 1. The predicted octanol–water partition coefficient (Wildman–Crippen LogP) is 4.22. The zero-order chi connectivity index (χ0) is 13.1. The van der Waals surface area contributed by atoms with Crippen LogP contribution in [0.15, 0.2) is 47.0 Å². The third-order valence-corrected chi connectivity index (χ3v) is 3.57. The van der Waals surface area contributed by atoms with Crippen molar-refractivity contribution >= 4 is 26.8 Å². The third kappa shape index (κ3) is 2.79. The average molecular weight is 305 g/mol. The highest BCUT2D eigenvalue weighted by atomic mass is 79.9. The molecule has 2 aromatic rings. The summed E-state index contributed by atoms with van der Waals surface area (Å²) in [5, 5.41) is 4.45. The number of fused-ring (bicyclic) bond motifs is 1. The molecular formula is C15H17BrN2. The van der Waals surface area contributed by atoms with Crippen molar-refractivity contribution in [3.05, 3.63) is 52.7 Å². The number of hydrogen-bond acceptors (Lipinski definition) is 2. The Morgan fingerprint density at radius 2 is 2.17 bits per heavy atom. The molecule has 0 saturated heterocycles. The maximum atomic E-state index is 4.75. The van der Waals surface area contributed by atoms with Gasteiger partial charge in [0.25, 0.3) is 0 Å². The third-order valence-electron chi connectivity index (χ3n) is 2.94. The van der Waals surface area contributed by atoms with Crippen LogP contribution in [0.25, 0.3) is 10.9 Å². The predicted molar refractivity (Wildman–Crippen MR) is 80.7 cm³/mol. The first-order valence-electron chi connectivity index (χ1n) is 5.98. The van der Waals surface area contributed by atoms with E-state index in [-0.39, 0.29) is 6.04 Å². The van der Waals surface area contributed by atoms with Crippen LogP contribution in [-0.2, 0) is 0 Å². The largest absolute Gasteiger partial charge is 0.311 e. The molecule has 0 aliphatic carbocycles. The molecule has 0 bridgehead atoms. The van der Waals surface area contributed by atoms with E-state index in [1.807, 2.05) is 32.2 Å². The Labute approximate surface area is 116 Å². The zero-order valence-corrected chi connectivity index (χ0v) is 12.3. The highest BCUT2D eigenvalue weighted by molar-refractivity contribution is 9.10. The summed E-state index contributed by atoms with van der Waals surface area (Å²) < 4.78 is 1.04. The first kappa shape index (κ1) is 13.2. The zero-order valence-electron chi connectivity index (χ0n) is 10.7. The standard InChI is InChI=1S/C15H17BrN2/c1-10(2)8-14(17-3)15-12(16)9-11-6-4-5-7-13(11)18-15/h4-7,9,14,17H,1,8H2,2-3H3. The lowest BCUT2D eigenvalue weighted by molar-refractivity contribution is 0.573. The molecule has 1 atom stereocenters. The first-order chi connectivity index (χ1) is 8.61. The number of rotatable bonds is 4. The summed E-state index contributed by atoms with van der Waals surface area (Å²) in [4.78, 5) is 4.75. The van der Waals surface area contributed by atoms with Crippen LogP contribution < -0.4 is 5.32 Å². The van der Waals surface area contributed by atoms with Gasteiger partial charge in [0.05, 0.1) is 17.3 Å². The number of aromatic nitrogens is 1. The van der Waals surface area contributed by atoms with E-state index in [9.17, 15) is 0 Å². The van der Waals surface area contributed by atoms with Gasteiger partial charge in [-0.05, 0) is 48.5 Å². The lowest BCUT2D eigenvalue weighted by atomic mass is 10.0. The Morgan fingerprint density at radius 1 is 1.44 bits per heavy atom. The molecule has 0 aliphatic heterocycles. The molecule has 1 aromatic heterocycles. The molecule has 3 heteroatoms. The summed E-state index contributed by atoms with van der Waals surface area (Å²) in [7, 11) is 1.96. The minimum absolute atomic E-state index is 0.196. The van der Waals surface area contributed by atoms with Gasteiger partial charge in [-0.2, -0.15) is 0 Å². The molecule has 18 heavy (non-hydrogen) atoms. The monoisotopic (exact) mass is 304 g/mol. The van der Waals surface area contributed by atoms with Crippen molar-refractivity contribution in [1.29, 1.82) is 0 Å². The maximum absolute atomic E-state index is 4.75. The minimum Gasteiger partial charge on any atom is -0.311 e. The van der Waals surface area contributed by atoms with Crippen LogP contribution in [0, 0.1) is 0 Å². The summed E-state index contributed by atoms with van der Waals surface area (Å²) >= 11 is 3.62. The van der Waals surface area contributed by atoms with Gasteiger partial charge in [0, 0.05) is 9.86 Å². The average Bonchev–Trinajstić information content (AvgIpc) is 2.35. The van der Waals surface area contributed by atoms with Gasteiger partial charge in [-0.25, -0.2) is 4.98 Å². The molecule has 0 aliphatic rings. The molecule has 2 nitrogen and oxygen atoms in total. The van der Waals surface area contributed by atoms with Gasteiger partial charge in [-0.3, -0.25) is 0 Å². The number of para-hydroxylation sites is 1. The van der Waals surface area contributed by atoms with Crippen LogP contribution in [0.4, 0.5) is 0 Å². The summed E-state index contributed by atoms with van der Waals surface area (Å²) in [6.45, 7) is 6.02. The second kappa shape index (κ2) is 5.63. The highest BCUT2D eigenvalue weighted by Crippen LogP contribution is 2.28. The van der Waals surface area contributed by atoms with E-state index in [1.165, 1.54) is 0 Å². The first-order valence-corrected chi connectivity index (χ1v) is 6.78. The molecule has 2 rings (SSSR count). The van der Waals surface area contributed by atoms with Gasteiger partial charge in [-0.15, -0.1) is 6.58 Å². The van der Waals surface area contributed by atoms with Crippen LogP contribution in [0.1, 0.15) is 25.1 Å². The van der Waals surface area contributed by atoms with Crippen molar-refractivity contribution in [1.82, 2.24) is 10.3 Å². The molecule has 94 valence electrons. The molecule has 0 saturated carbocycles. The van der Waals surface area contributed by atoms with Crippen molar-refractivity contribution in [3.63, 3.8) is 0 Å². The van der Waals surface area contributed by atoms with Gasteiger partial charge >= 0.3 is 0 Å². The number of halogens is 1. The molecule has 1 aromatic carbocycles. The van der Waals surface area contributed by atoms with E-state index in [4.69, 9.17) is 4.98 Å². The second-order valence-corrected chi connectivity index (χ2v) is 5.40. The van der Waals surface area contributed by atoms with E-state index < -0.39 is 0 Å². The fourth-order valence-electron chi connectivity index (χ4n) is 2.03. The van der Waals surface area contributed by atoms with Gasteiger partial charge < -0.3 is 5.32 Å². The Balaban J connectivity index is 2.48. The van der Waals surface area contributed by atoms with Crippen molar-refractivity contribution in [2.75, 3.05) is 7.05 Å². The van der Waals surface area contributed by atoms with Crippen LogP contribution in [0.3, 0.4) is 0 Å².